The summed E-state index contributed by atoms with van der Waals surface area (Å²) in [6.45, 7) is 2.98. The molecule has 1 fully saturated rings. The molecule has 1 saturated heterocycles. The molecule has 0 bridgehead atoms. The van der Waals surface area contributed by atoms with E-state index in [0.29, 0.717) is 19.6 Å². The molecule has 0 radical (unpaired) electrons. The van der Waals surface area contributed by atoms with Gasteiger partial charge in [-0.25, -0.2) is 4.68 Å². The molecule has 1 aromatic carbocycles. The molecule has 1 N–H and O–H groups in total. The molecule has 19 heavy (non-hydrogen) atoms. The van der Waals surface area contributed by atoms with Crippen LogP contribution in [-0.4, -0.2) is 49.4 Å². The third-order valence-corrected chi connectivity index (χ3v) is 3.39. The average molecular weight is 259 g/mol. The molecule has 1 aromatic heterocycles. The fourth-order valence-electron chi connectivity index (χ4n) is 2.37. The smallest absolute Gasteiger partial charge is 0.165 e. The molecule has 0 spiro atoms. The SMILES string of the molecule is OC1CCN(Cc2nnnn2Cc2ccccc2)C1. The van der Waals surface area contributed by atoms with E-state index in [1.807, 2.05) is 22.9 Å². The lowest BCUT2D eigenvalue weighted by Crippen LogP contribution is -2.24. The first-order chi connectivity index (χ1) is 9.31. The van der Waals surface area contributed by atoms with E-state index in [1.165, 1.54) is 5.56 Å². The summed E-state index contributed by atoms with van der Waals surface area (Å²) in [6.07, 6.45) is 0.624. The van der Waals surface area contributed by atoms with Crippen LogP contribution in [0.4, 0.5) is 0 Å². The Bertz CT molecular complexity index is 527. The molecular formula is C13H17N5O. The maximum Gasteiger partial charge on any atom is 0.165 e. The summed E-state index contributed by atoms with van der Waals surface area (Å²) in [6, 6.07) is 10.1. The third kappa shape index (κ3) is 2.97. The fourth-order valence-corrected chi connectivity index (χ4v) is 2.37. The zero-order valence-electron chi connectivity index (χ0n) is 10.7. The van der Waals surface area contributed by atoms with Gasteiger partial charge in [-0.05, 0) is 22.4 Å². The summed E-state index contributed by atoms with van der Waals surface area (Å²) in [4.78, 5) is 2.18. The summed E-state index contributed by atoms with van der Waals surface area (Å²) in [5.41, 5.74) is 1.18. The van der Waals surface area contributed by atoms with E-state index < -0.39 is 0 Å². The number of likely N-dealkylation sites (tertiary alicyclic amines) is 1. The number of aromatic nitrogens is 4. The zero-order chi connectivity index (χ0) is 13.1. The molecule has 2 heterocycles. The number of benzene rings is 1. The molecule has 0 saturated carbocycles. The topological polar surface area (TPSA) is 67.1 Å². The van der Waals surface area contributed by atoms with E-state index >= 15 is 0 Å². The van der Waals surface area contributed by atoms with Crippen molar-refractivity contribution < 1.29 is 5.11 Å². The van der Waals surface area contributed by atoms with Crippen LogP contribution >= 0.6 is 0 Å². The number of β-amino-alcohol motifs (C(OH)–C–C–N with tert-alkyl or cyclic N) is 1. The van der Waals surface area contributed by atoms with E-state index in [9.17, 15) is 5.11 Å². The lowest BCUT2D eigenvalue weighted by Gasteiger charge is -2.14. The van der Waals surface area contributed by atoms with E-state index in [2.05, 4.69) is 32.6 Å². The number of aliphatic hydroxyl groups excluding tert-OH is 1. The molecule has 1 aliphatic rings. The van der Waals surface area contributed by atoms with E-state index in [0.717, 1.165) is 18.8 Å². The second-order valence-electron chi connectivity index (χ2n) is 4.92. The Morgan fingerprint density at radius 3 is 2.79 bits per heavy atom. The fraction of sp³-hybridized carbons (Fsp3) is 0.462. The summed E-state index contributed by atoms with van der Waals surface area (Å²) in [5, 5.41) is 21.4. The van der Waals surface area contributed by atoms with Gasteiger partial charge in [-0.15, -0.1) is 5.10 Å². The Balaban J connectivity index is 1.68. The first-order valence-corrected chi connectivity index (χ1v) is 6.50. The average Bonchev–Trinajstić information content (AvgIpc) is 3.01. The molecule has 6 nitrogen and oxygen atoms in total. The maximum absolute atomic E-state index is 9.53. The second-order valence-corrected chi connectivity index (χ2v) is 4.92. The van der Waals surface area contributed by atoms with Crippen LogP contribution in [0.25, 0.3) is 0 Å². The highest BCUT2D eigenvalue weighted by Crippen LogP contribution is 2.12. The minimum Gasteiger partial charge on any atom is -0.392 e. The van der Waals surface area contributed by atoms with E-state index in [-0.39, 0.29) is 6.10 Å². The molecular weight excluding hydrogens is 242 g/mol. The minimum atomic E-state index is -0.210. The van der Waals surface area contributed by atoms with Crippen LogP contribution in [-0.2, 0) is 13.1 Å². The summed E-state index contributed by atoms with van der Waals surface area (Å²) < 4.78 is 1.82. The monoisotopic (exact) mass is 259 g/mol. The highest BCUT2D eigenvalue weighted by molar-refractivity contribution is 5.14. The van der Waals surface area contributed by atoms with Crippen molar-refractivity contribution >= 4 is 0 Å². The molecule has 0 aliphatic carbocycles. The van der Waals surface area contributed by atoms with Gasteiger partial charge >= 0.3 is 0 Å². The second kappa shape index (κ2) is 5.46. The number of hydrogen-bond donors (Lipinski definition) is 1. The Morgan fingerprint density at radius 2 is 2.05 bits per heavy atom. The van der Waals surface area contributed by atoms with Crippen molar-refractivity contribution in [1.82, 2.24) is 25.1 Å². The first-order valence-electron chi connectivity index (χ1n) is 6.50. The quantitative estimate of drug-likeness (QED) is 0.854. The van der Waals surface area contributed by atoms with Crippen LogP contribution in [0.5, 0.6) is 0 Å². The van der Waals surface area contributed by atoms with Crippen LogP contribution < -0.4 is 0 Å². The van der Waals surface area contributed by atoms with Crippen molar-refractivity contribution in [2.45, 2.75) is 25.6 Å². The Hall–Kier alpha value is -1.79. The standard InChI is InChI=1S/C13H17N5O/c19-12-6-7-17(9-12)10-13-14-15-16-18(13)8-11-4-2-1-3-5-11/h1-5,12,19H,6-10H2. The number of hydrogen-bond acceptors (Lipinski definition) is 5. The van der Waals surface area contributed by atoms with Gasteiger partial charge in [0.2, 0.25) is 0 Å². The van der Waals surface area contributed by atoms with Crippen molar-refractivity contribution in [3.05, 3.63) is 41.7 Å². The van der Waals surface area contributed by atoms with Crippen molar-refractivity contribution in [1.29, 1.82) is 0 Å². The molecule has 1 atom stereocenters. The van der Waals surface area contributed by atoms with Crippen LogP contribution in [0.3, 0.4) is 0 Å². The molecule has 2 aromatic rings. The number of rotatable bonds is 4. The van der Waals surface area contributed by atoms with E-state index in [4.69, 9.17) is 0 Å². The highest BCUT2D eigenvalue weighted by atomic mass is 16.3. The maximum atomic E-state index is 9.53. The molecule has 3 rings (SSSR count). The first kappa shape index (κ1) is 12.3. The number of tetrazole rings is 1. The summed E-state index contributed by atoms with van der Waals surface area (Å²) >= 11 is 0. The molecule has 100 valence electrons. The van der Waals surface area contributed by atoms with Gasteiger partial charge in [0.15, 0.2) is 5.82 Å². The van der Waals surface area contributed by atoms with Gasteiger partial charge in [0, 0.05) is 13.1 Å². The Labute approximate surface area is 111 Å². The van der Waals surface area contributed by atoms with Crippen molar-refractivity contribution in [3.63, 3.8) is 0 Å². The van der Waals surface area contributed by atoms with Crippen molar-refractivity contribution in [2.24, 2.45) is 0 Å². The van der Waals surface area contributed by atoms with Gasteiger partial charge < -0.3 is 5.11 Å². The predicted octanol–water partition coefficient (Wildman–Crippen LogP) is 0.288. The minimum absolute atomic E-state index is 0.210. The molecule has 1 unspecified atom stereocenters. The van der Waals surface area contributed by atoms with Crippen LogP contribution in [0.2, 0.25) is 0 Å². The van der Waals surface area contributed by atoms with Gasteiger partial charge in [-0.2, -0.15) is 0 Å². The van der Waals surface area contributed by atoms with Crippen LogP contribution in [0.1, 0.15) is 17.8 Å². The van der Waals surface area contributed by atoms with Gasteiger partial charge in [-0.1, -0.05) is 30.3 Å². The van der Waals surface area contributed by atoms with Gasteiger partial charge in [0.25, 0.3) is 0 Å². The Morgan fingerprint density at radius 1 is 1.21 bits per heavy atom. The summed E-state index contributed by atoms with van der Waals surface area (Å²) in [7, 11) is 0. The normalized spacial score (nSPS) is 19.9. The van der Waals surface area contributed by atoms with E-state index in [1.54, 1.807) is 0 Å². The van der Waals surface area contributed by atoms with Crippen LogP contribution in [0.15, 0.2) is 30.3 Å². The van der Waals surface area contributed by atoms with Crippen molar-refractivity contribution in [2.75, 3.05) is 13.1 Å². The molecule has 1 aliphatic heterocycles. The largest absolute Gasteiger partial charge is 0.392 e. The van der Waals surface area contributed by atoms with Gasteiger partial charge in [-0.3, -0.25) is 4.90 Å². The number of aliphatic hydroxyl groups is 1. The lowest BCUT2D eigenvalue weighted by molar-refractivity contribution is 0.173. The third-order valence-electron chi connectivity index (χ3n) is 3.39. The summed E-state index contributed by atoms with van der Waals surface area (Å²) in [5.74, 6) is 0.845. The Kier molecular flexibility index (Phi) is 3.52. The van der Waals surface area contributed by atoms with Gasteiger partial charge in [0.1, 0.15) is 0 Å². The lowest BCUT2D eigenvalue weighted by atomic mass is 10.2. The number of nitrogens with zero attached hydrogens (tertiary/aromatic N) is 5. The molecule has 6 heteroatoms. The van der Waals surface area contributed by atoms with Crippen LogP contribution in [0, 0.1) is 0 Å². The van der Waals surface area contributed by atoms with Crippen molar-refractivity contribution in [3.8, 4) is 0 Å². The van der Waals surface area contributed by atoms with Gasteiger partial charge in [0.05, 0.1) is 19.2 Å². The zero-order valence-corrected chi connectivity index (χ0v) is 10.7. The highest BCUT2D eigenvalue weighted by Gasteiger charge is 2.22. The molecule has 0 amide bonds. The predicted molar refractivity (Wildman–Crippen MR) is 69.3 cm³/mol.